The predicted octanol–water partition coefficient (Wildman–Crippen LogP) is 3.00. The van der Waals surface area contributed by atoms with Crippen LogP contribution in [0.4, 0.5) is 0 Å². The largest absolute Gasteiger partial charge is 0.0996 e. The molecule has 0 aliphatic heterocycles. The van der Waals surface area contributed by atoms with E-state index in [-0.39, 0.29) is 0 Å². The molecular formula is C9H16. The molecule has 52 valence electrons. The Morgan fingerprint density at radius 1 is 1.44 bits per heavy atom. The fourth-order valence-electron chi connectivity index (χ4n) is 1.53. The zero-order chi connectivity index (χ0) is 6.85. The van der Waals surface area contributed by atoms with Gasteiger partial charge in [-0.3, -0.25) is 0 Å². The quantitative estimate of drug-likeness (QED) is 0.435. The first kappa shape index (κ1) is 6.85. The third kappa shape index (κ3) is 1.35. The van der Waals surface area contributed by atoms with Crippen molar-refractivity contribution in [1.82, 2.24) is 0 Å². The van der Waals surface area contributed by atoms with Crippen molar-refractivity contribution in [3.05, 3.63) is 12.2 Å². The summed E-state index contributed by atoms with van der Waals surface area (Å²) in [5.41, 5.74) is 1.47. The van der Waals surface area contributed by atoms with Gasteiger partial charge in [0.05, 0.1) is 0 Å². The van der Waals surface area contributed by atoms with Gasteiger partial charge in [-0.1, -0.05) is 26.0 Å². The summed E-state index contributed by atoms with van der Waals surface area (Å²) in [5, 5.41) is 0. The lowest BCUT2D eigenvalue weighted by atomic mass is 9.79. The monoisotopic (exact) mass is 124 g/mol. The Morgan fingerprint density at radius 2 is 2.11 bits per heavy atom. The van der Waals surface area contributed by atoms with Gasteiger partial charge < -0.3 is 0 Å². The van der Waals surface area contributed by atoms with E-state index in [1.165, 1.54) is 24.8 Å². The Morgan fingerprint density at radius 3 is 2.56 bits per heavy atom. The average Bonchev–Trinajstić information content (AvgIpc) is 1.83. The minimum atomic E-state index is 0.777. The van der Waals surface area contributed by atoms with E-state index in [1.807, 2.05) is 0 Å². The third-order valence-corrected chi connectivity index (χ3v) is 2.65. The highest BCUT2D eigenvalue weighted by atomic mass is 14.2. The SMILES string of the molecule is C=C1CCC[C@H](C)[C@@H]1C. The summed E-state index contributed by atoms with van der Waals surface area (Å²) >= 11 is 0. The molecule has 0 bridgehead atoms. The van der Waals surface area contributed by atoms with Crippen molar-refractivity contribution >= 4 is 0 Å². The maximum atomic E-state index is 4.05. The van der Waals surface area contributed by atoms with E-state index in [4.69, 9.17) is 0 Å². The number of allylic oxidation sites excluding steroid dienone is 1. The molecule has 0 spiro atoms. The van der Waals surface area contributed by atoms with Crippen molar-refractivity contribution in [2.75, 3.05) is 0 Å². The zero-order valence-corrected chi connectivity index (χ0v) is 6.48. The van der Waals surface area contributed by atoms with E-state index in [2.05, 4.69) is 20.4 Å². The van der Waals surface area contributed by atoms with Gasteiger partial charge in [-0.25, -0.2) is 0 Å². The predicted molar refractivity (Wildman–Crippen MR) is 41.3 cm³/mol. The van der Waals surface area contributed by atoms with Gasteiger partial charge in [0, 0.05) is 0 Å². The van der Waals surface area contributed by atoms with Crippen LogP contribution in [0.2, 0.25) is 0 Å². The van der Waals surface area contributed by atoms with Gasteiger partial charge in [-0.05, 0) is 31.1 Å². The summed E-state index contributed by atoms with van der Waals surface area (Å²) in [6.07, 6.45) is 4.04. The normalized spacial score (nSPS) is 36.9. The first-order valence-electron chi connectivity index (χ1n) is 3.89. The molecule has 0 aromatic rings. The van der Waals surface area contributed by atoms with Crippen LogP contribution in [0.3, 0.4) is 0 Å². The van der Waals surface area contributed by atoms with Crippen LogP contribution >= 0.6 is 0 Å². The molecule has 1 fully saturated rings. The van der Waals surface area contributed by atoms with Crippen LogP contribution in [0.5, 0.6) is 0 Å². The minimum Gasteiger partial charge on any atom is -0.0996 e. The molecule has 0 radical (unpaired) electrons. The standard InChI is InChI=1S/C9H16/c1-7-5-4-6-8(2)9(7)3/h8-9H,1,4-6H2,2-3H3/t8-,9+/m0/s1. The molecule has 0 heteroatoms. The number of hydrogen-bond donors (Lipinski definition) is 0. The molecule has 1 rings (SSSR count). The van der Waals surface area contributed by atoms with Crippen molar-refractivity contribution in [3.63, 3.8) is 0 Å². The number of hydrogen-bond acceptors (Lipinski definition) is 0. The molecule has 1 saturated carbocycles. The molecule has 1 aliphatic carbocycles. The Labute approximate surface area is 58.0 Å². The smallest absolute Gasteiger partial charge is 0.0209 e. The summed E-state index contributed by atoms with van der Waals surface area (Å²) in [4.78, 5) is 0. The molecule has 2 atom stereocenters. The van der Waals surface area contributed by atoms with E-state index < -0.39 is 0 Å². The van der Waals surface area contributed by atoms with E-state index in [0.29, 0.717) is 0 Å². The maximum absolute atomic E-state index is 4.05. The highest BCUT2D eigenvalue weighted by molar-refractivity contribution is 5.03. The van der Waals surface area contributed by atoms with Gasteiger partial charge in [-0.15, -0.1) is 0 Å². The van der Waals surface area contributed by atoms with Gasteiger partial charge in [0.1, 0.15) is 0 Å². The van der Waals surface area contributed by atoms with E-state index in [0.717, 1.165) is 11.8 Å². The Balaban J connectivity index is 2.51. The molecule has 0 aromatic heterocycles. The van der Waals surface area contributed by atoms with Gasteiger partial charge in [-0.2, -0.15) is 0 Å². The van der Waals surface area contributed by atoms with Crippen LogP contribution in [0.25, 0.3) is 0 Å². The summed E-state index contributed by atoms with van der Waals surface area (Å²) in [6, 6.07) is 0. The topological polar surface area (TPSA) is 0 Å². The van der Waals surface area contributed by atoms with Crippen molar-refractivity contribution in [2.45, 2.75) is 33.1 Å². The van der Waals surface area contributed by atoms with Gasteiger partial charge >= 0.3 is 0 Å². The molecule has 1 aliphatic rings. The first-order valence-corrected chi connectivity index (χ1v) is 3.89. The van der Waals surface area contributed by atoms with Gasteiger partial charge in [0.25, 0.3) is 0 Å². The van der Waals surface area contributed by atoms with Gasteiger partial charge in [0.2, 0.25) is 0 Å². The highest BCUT2D eigenvalue weighted by Crippen LogP contribution is 2.32. The summed E-state index contributed by atoms with van der Waals surface area (Å²) in [7, 11) is 0. The van der Waals surface area contributed by atoms with Crippen molar-refractivity contribution < 1.29 is 0 Å². The van der Waals surface area contributed by atoms with E-state index in [1.54, 1.807) is 0 Å². The van der Waals surface area contributed by atoms with E-state index in [9.17, 15) is 0 Å². The zero-order valence-electron chi connectivity index (χ0n) is 6.48. The molecule has 0 nitrogen and oxygen atoms in total. The van der Waals surface area contributed by atoms with Crippen molar-refractivity contribution in [2.24, 2.45) is 11.8 Å². The van der Waals surface area contributed by atoms with Crippen LogP contribution in [0.1, 0.15) is 33.1 Å². The highest BCUT2D eigenvalue weighted by Gasteiger charge is 2.19. The van der Waals surface area contributed by atoms with Crippen LogP contribution < -0.4 is 0 Å². The van der Waals surface area contributed by atoms with E-state index >= 15 is 0 Å². The molecule has 0 aromatic carbocycles. The Hall–Kier alpha value is -0.260. The fourth-order valence-corrected chi connectivity index (χ4v) is 1.53. The maximum Gasteiger partial charge on any atom is -0.0209 e. The number of rotatable bonds is 0. The summed E-state index contributed by atoms with van der Waals surface area (Å²) in [5.74, 6) is 1.66. The van der Waals surface area contributed by atoms with Crippen LogP contribution in [-0.2, 0) is 0 Å². The lowest BCUT2D eigenvalue weighted by Crippen LogP contribution is -2.15. The molecule has 9 heavy (non-hydrogen) atoms. The van der Waals surface area contributed by atoms with Crippen LogP contribution in [-0.4, -0.2) is 0 Å². The second kappa shape index (κ2) is 2.55. The second-order valence-electron chi connectivity index (χ2n) is 3.32. The van der Waals surface area contributed by atoms with Crippen LogP contribution in [0, 0.1) is 11.8 Å². The molecule has 0 amide bonds. The second-order valence-corrected chi connectivity index (χ2v) is 3.32. The third-order valence-electron chi connectivity index (χ3n) is 2.65. The van der Waals surface area contributed by atoms with Gasteiger partial charge in [0.15, 0.2) is 0 Å². The van der Waals surface area contributed by atoms with Crippen molar-refractivity contribution in [3.8, 4) is 0 Å². The summed E-state index contributed by atoms with van der Waals surface area (Å²) in [6.45, 7) is 8.67. The molecule has 0 saturated heterocycles. The molecular weight excluding hydrogens is 108 g/mol. The Bertz CT molecular complexity index is 113. The fraction of sp³-hybridized carbons (Fsp3) is 0.778. The lowest BCUT2D eigenvalue weighted by molar-refractivity contribution is 0.351. The molecule has 0 heterocycles. The Kier molecular flexibility index (Phi) is 1.94. The minimum absolute atomic E-state index is 0.777. The lowest BCUT2D eigenvalue weighted by Gasteiger charge is -2.27. The molecule has 0 N–H and O–H groups in total. The summed E-state index contributed by atoms with van der Waals surface area (Å²) < 4.78 is 0. The van der Waals surface area contributed by atoms with Crippen LogP contribution in [0.15, 0.2) is 12.2 Å². The average molecular weight is 124 g/mol. The first-order chi connectivity index (χ1) is 4.22. The van der Waals surface area contributed by atoms with Crippen molar-refractivity contribution in [1.29, 1.82) is 0 Å². The molecule has 0 unspecified atom stereocenters.